The summed E-state index contributed by atoms with van der Waals surface area (Å²) >= 11 is 0. The standard InChI is InChI=1S/C18H19N5/c1-4-11-6-5-7-12(8-11)14-9-13-16-15(20-10-23(16)3)18(19-2)22-17(13)21-14/h5-10H,4H2,1-3H3,(H2,19,21,22). The molecular weight excluding hydrogens is 286 g/mol. The van der Waals surface area contributed by atoms with Crippen LogP contribution in [0.4, 0.5) is 5.82 Å². The van der Waals surface area contributed by atoms with Gasteiger partial charge in [-0.05, 0) is 29.7 Å². The number of aromatic amines is 1. The van der Waals surface area contributed by atoms with E-state index in [-0.39, 0.29) is 0 Å². The monoisotopic (exact) mass is 305 g/mol. The summed E-state index contributed by atoms with van der Waals surface area (Å²) in [5.74, 6) is 0.795. The number of hydrogen-bond acceptors (Lipinski definition) is 3. The van der Waals surface area contributed by atoms with Gasteiger partial charge in [0.05, 0.1) is 11.8 Å². The fourth-order valence-electron chi connectivity index (χ4n) is 3.09. The molecule has 0 unspecified atom stereocenters. The van der Waals surface area contributed by atoms with Crippen LogP contribution in [0.5, 0.6) is 0 Å². The number of pyridine rings is 1. The molecule has 23 heavy (non-hydrogen) atoms. The zero-order chi connectivity index (χ0) is 16.0. The summed E-state index contributed by atoms with van der Waals surface area (Å²) < 4.78 is 2.04. The highest BCUT2D eigenvalue weighted by atomic mass is 15.1. The van der Waals surface area contributed by atoms with Gasteiger partial charge in [0.1, 0.15) is 11.2 Å². The molecule has 0 saturated carbocycles. The highest BCUT2D eigenvalue weighted by molar-refractivity contribution is 6.07. The zero-order valence-electron chi connectivity index (χ0n) is 13.5. The Bertz CT molecular complexity index is 1010. The molecule has 4 aromatic rings. The minimum atomic E-state index is 0.795. The van der Waals surface area contributed by atoms with Crippen LogP contribution in [0.3, 0.4) is 0 Å². The first kappa shape index (κ1) is 13.8. The molecule has 5 nitrogen and oxygen atoms in total. The van der Waals surface area contributed by atoms with E-state index in [0.717, 1.165) is 40.0 Å². The maximum Gasteiger partial charge on any atom is 0.156 e. The molecule has 5 heteroatoms. The van der Waals surface area contributed by atoms with E-state index in [1.807, 2.05) is 25.0 Å². The number of nitrogens with one attached hydrogen (secondary N) is 2. The van der Waals surface area contributed by atoms with Crippen LogP contribution >= 0.6 is 0 Å². The van der Waals surface area contributed by atoms with Crippen molar-refractivity contribution < 1.29 is 0 Å². The van der Waals surface area contributed by atoms with Crippen molar-refractivity contribution in [3.63, 3.8) is 0 Å². The van der Waals surface area contributed by atoms with Crippen LogP contribution in [0.15, 0.2) is 36.7 Å². The third kappa shape index (κ3) is 2.08. The van der Waals surface area contributed by atoms with Crippen LogP contribution in [-0.4, -0.2) is 26.6 Å². The summed E-state index contributed by atoms with van der Waals surface area (Å²) in [6.07, 6.45) is 2.86. The Balaban J connectivity index is 2.00. The van der Waals surface area contributed by atoms with Crippen LogP contribution in [0.1, 0.15) is 12.5 Å². The number of aryl methyl sites for hydroxylation is 2. The van der Waals surface area contributed by atoms with E-state index in [0.29, 0.717) is 0 Å². The van der Waals surface area contributed by atoms with Gasteiger partial charge in [0.15, 0.2) is 5.82 Å². The molecule has 0 fully saturated rings. The second kappa shape index (κ2) is 5.12. The molecule has 116 valence electrons. The van der Waals surface area contributed by atoms with Crippen molar-refractivity contribution in [1.82, 2.24) is 19.5 Å². The van der Waals surface area contributed by atoms with Crippen molar-refractivity contribution in [2.75, 3.05) is 12.4 Å². The number of nitrogens with zero attached hydrogens (tertiary/aromatic N) is 3. The van der Waals surface area contributed by atoms with Crippen LogP contribution in [-0.2, 0) is 13.5 Å². The quantitative estimate of drug-likeness (QED) is 0.606. The Morgan fingerprint density at radius 3 is 2.91 bits per heavy atom. The van der Waals surface area contributed by atoms with Crippen molar-refractivity contribution in [1.29, 1.82) is 0 Å². The average molecular weight is 305 g/mol. The van der Waals surface area contributed by atoms with Gasteiger partial charge in [-0.15, -0.1) is 0 Å². The molecular formula is C18H19N5. The summed E-state index contributed by atoms with van der Waals surface area (Å²) in [6, 6.07) is 10.8. The maximum atomic E-state index is 4.68. The molecule has 0 saturated heterocycles. The topological polar surface area (TPSA) is 58.5 Å². The summed E-state index contributed by atoms with van der Waals surface area (Å²) in [5.41, 5.74) is 6.46. The molecule has 0 aliphatic heterocycles. The van der Waals surface area contributed by atoms with E-state index in [1.54, 1.807) is 0 Å². The largest absolute Gasteiger partial charge is 0.371 e. The Morgan fingerprint density at radius 2 is 2.13 bits per heavy atom. The highest BCUT2D eigenvalue weighted by Gasteiger charge is 2.15. The third-order valence-electron chi connectivity index (χ3n) is 4.32. The lowest BCUT2D eigenvalue weighted by atomic mass is 10.1. The maximum absolute atomic E-state index is 4.68. The van der Waals surface area contributed by atoms with Gasteiger partial charge < -0.3 is 14.9 Å². The second-order valence-corrected chi connectivity index (χ2v) is 5.76. The van der Waals surface area contributed by atoms with Crippen molar-refractivity contribution in [2.45, 2.75) is 13.3 Å². The second-order valence-electron chi connectivity index (χ2n) is 5.76. The van der Waals surface area contributed by atoms with Crippen LogP contribution in [0.2, 0.25) is 0 Å². The van der Waals surface area contributed by atoms with E-state index in [9.17, 15) is 0 Å². The number of aromatic nitrogens is 4. The molecule has 4 rings (SSSR count). The summed E-state index contributed by atoms with van der Waals surface area (Å²) in [6.45, 7) is 2.17. The first-order chi connectivity index (χ1) is 11.2. The number of hydrogen-bond donors (Lipinski definition) is 2. The van der Waals surface area contributed by atoms with E-state index in [4.69, 9.17) is 0 Å². The van der Waals surface area contributed by atoms with Crippen molar-refractivity contribution in [3.05, 3.63) is 42.2 Å². The number of imidazole rings is 1. The van der Waals surface area contributed by atoms with Gasteiger partial charge >= 0.3 is 0 Å². The van der Waals surface area contributed by atoms with E-state index < -0.39 is 0 Å². The minimum Gasteiger partial charge on any atom is -0.371 e. The molecule has 0 aliphatic carbocycles. The van der Waals surface area contributed by atoms with Gasteiger partial charge in [-0.25, -0.2) is 9.97 Å². The Labute approximate surface area is 134 Å². The molecule has 0 aliphatic rings. The van der Waals surface area contributed by atoms with Crippen molar-refractivity contribution in [3.8, 4) is 11.3 Å². The number of benzene rings is 1. The van der Waals surface area contributed by atoms with E-state index >= 15 is 0 Å². The molecule has 0 atom stereocenters. The Kier molecular flexibility index (Phi) is 3.08. The number of anilines is 1. The first-order valence-corrected chi connectivity index (χ1v) is 7.82. The normalized spacial score (nSPS) is 11.4. The van der Waals surface area contributed by atoms with Gasteiger partial charge in [-0.2, -0.15) is 0 Å². The predicted octanol–water partition coefficient (Wildman–Crippen LogP) is 3.72. The molecule has 2 N–H and O–H groups in total. The van der Waals surface area contributed by atoms with Crippen molar-refractivity contribution >= 4 is 27.9 Å². The molecule has 0 bridgehead atoms. The van der Waals surface area contributed by atoms with E-state index in [1.165, 1.54) is 11.1 Å². The van der Waals surface area contributed by atoms with Gasteiger partial charge in [-0.1, -0.05) is 25.1 Å². The van der Waals surface area contributed by atoms with Crippen molar-refractivity contribution in [2.24, 2.45) is 7.05 Å². The Hall–Kier alpha value is -2.82. The van der Waals surface area contributed by atoms with Gasteiger partial charge in [0, 0.05) is 25.2 Å². The lowest BCUT2D eigenvalue weighted by Gasteiger charge is -2.02. The van der Waals surface area contributed by atoms with Gasteiger partial charge in [-0.3, -0.25) is 0 Å². The fourth-order valence-corrected chi connectivity index (χ4v) is 3.09. The summed E-state index contributed by atoms with van der Waals surface area (Å²) in [4.78, 5) is 12.6. The predicted molar refractivity (Wildman–Crippen MR) is 94.7 cm³/mol. The van der Waals surface area contributed by atoms with E-state index in [2.05, 4.69) is 57.5 Å². The summed E-state index contributed by atoms with van der Waals surface area (Å²) in [7, 11) is 3.88. The van der Waals surface area contributed by atoms with Crippen LogP contribution < -0.4 is 5.32 Å². The smallest absolute Gasteiger partial charge is 0.156 e. The SMILES string of the molecule is CCc1cccc(-c2cc3c(nc(NC)c4ncn(C)c43)[nH]2)c1. The lowest BCUT2D eigenvalue weighted by molar-refractivity contribution is 0.951. The Morgan fingerprint density at radius 1 is 1.26 bits per heavy atom. The zero-order valence-corrected chi connectivity index (χ0v) is 13.5. The highest BCUT2D eigenvalue weighted by Crippen LogP contribution is 2.31. The van der Waals surface area contributed by atoms with Gasteiger partial charge in [0.25, 0.3) is 0 Å². The van der Waals surface area contributed by atoms with Crippen LogP contribution in [0, 0.1) is 0 Å². The fraction of sp³-hybridized carbons (Fsp3) is 0.222. The number of fused-ring (bicyclic) bond motifs is 3. The lowest BCUT2D eigenvalue weighted by Crippen LogP contribution is -1.95. The van der Waals surface area contributed by atoms with Gasteiger partial charge in [0.2, 0.25) is 0 Å². The molecule has 1 aromatic carbocycles. The molecule has 0 amide bonds. The number of rotatable bonds is 3. The first-order valence-electron chi connectivity index (χ1n) is 7.82. The summed E-state index contributed by atoms with van der Waals surface area (Å²) in [5, 5.41) is 4.23. The molecule has 0 spiro atoms. The third-order valence-corrected chi connectivity index (χ3v) is 4.32. The molecule has 3 heterocycles. The average Bonchev–Trinajstić information content (AvgIpc) is 3.17. The molecule has 3 aromatic heterocycles. The molecule has 0 radical (unpaired) electrons. The number of H-pyrrole nitrogens is 1. The van der Waals surface area contributed by atoms with Crippen LogP contribution in [0.25, 0.3) is 33.3 Å². The minimum absolute atomic E-state index is 0.795.